The molecule has 1 aliphatic heterocycles. The first-order valence-corrected chi connectivity index (χ1v) is 5.44. The first kappa shape index (κ1) is 8.54. The summed E-state index contributed by atoms with van der Waals surface area (Å²) in [6, 6.07) is 0.168. The minimum absolute atomic E-state index is 0.168. The van der Waals surface area contributed by atoms with Gasteiger partial charge in [0, 0.05) is 17.4 Å². The Balaban J connectivity index is 1.87. The number of hydrogen-bond acceptors (Lipinski definition) is 2. The third-order valence-corrected chi connectivity index (χ3v) is 3.37. The van der Waals surface area contributed by atoms with Crippen LogP contribution in [0, 0.1) is 5.92 Å². The summed E-state index contributed by atoms with van der Waals surface area (Å²) in [4.78, 5) is 4.56. The number of allylic oxidation sites excluding steroid dienone is 2. The summed E-state index contributed by atoms with van der Waals surface area (Å²) < 4.78 is 5.73. The minimum atomic E-state index is 0.168. The molecule has 3 aliphatic rings. The van der Waals surface area contributed by atoms with Gasteiger partial charge in [0.05, 0.1) is 0 Å². The second kappa shape index (κ2) is 2.86. The van der Waals surface area contributed by atoms with E-state index in [1.165, 1.54) is 12.8 Å². The van der Waals surface area contributed by atoms with Gasteiger partial charge in [-0.25, -0.2) is 4.99 Å². The van der Waals surface area contributed by atoms with Crippen LogP contribution >= 0.6 is 11.6 Å². The van der Waals surface area contributed by atoms with Gasteiger partial charge in [-0.3, -0.25) is 0 Å². The van der Waals surface area contributed by atoms with Gasteiger partial charge in [0.15, 0.2) is 5.90 Å². The van der Waals surface area contributed by atoms with Gasteiger partial charge in [0.1, 0.15) is 11.8 Å². The zero-order valence-corrected chi connectivity index (χ0v) is 8.84. The Kier molecular flexibility index (Phi) is 1.75. The lowest BCUT2D eigenvalue weighted by atomic mass is 10.0. The lowest BCUT2D eigenvalue weighted by molar-refractivity contribution is 0.399. The van der Waals surface area contributed by atoms with Crippen LogP contribution in [-0.4, -0.2) is 11.9 Å². The summed E-state index contributed by atoms with van der Waals surface area (Å²) in [6.07, 6.45) is 5.31. The van der Waals surface area contributed by atoms with E-state index in [1.807, 2.05) is 13.0 Å². The molecular weight excluding hydrogens is 198 g/mol. The van der Waals surface area contributed by atoms with E-state index in [4.69, 9.17) is 16.3 Å². The molecule has 1 fully saturated rings. The molecule has 3 heteroatoms. The van der Waals surface area contributed by atoms with Crippen molar-refractivity contribution in [3.05, 3.63) is 22.4 Å². The van der Waals surface area contributed by atoms with Crippen molar-refractivity contribution < 1.29 is 4.74 Å². The molecular formula is C11H12ClNO. The van der Waals surface area contributed by atoms with Crippen LogP contribution in [0.4, 0.5) is 0 Å². The Bertz CT molecular complexity index is 377. The van der Waals surface area contributed by atoms with Crippen LogP contribution in [0.5, 0.6) is 0 Å². The number of halogens is 1. The van der Waals surface area contributed by atoms with E-state index in [1.54, 1.807) is 0 Å². The van der Waals surface area contributed by atoms with E-state index >= 15 is 0 Å². The molecule has 2 aliphatic carbocycles. The second-order valence-electron chi connectivity index (χ2n) is 4.20. The fourth-order valence-corrected chi connectivity index (χ4v) is 2.05. The highest BCUT2D eigenvalue weighted by Crippen LogP contribution is 2.39. The average molecular weight is 210 g/mol. The molecule has 0 amide bonds. The van der Waals surface area contributed by atoms with Crippen molar-refractivity contribution in [3.63, 3.8) is 0 Å². The quantitative estimate of drug-likeness (QED) is 0.651. The van der Waals surface area contributed by atoms with Gasteiger partial charge < -0.3 is 4.74 Å². The number of nitrogens with zero attached hydrogens (tertiary/aromatic N) is 1. The molecule has 0 aromatic heterocycles. The van der Waals surface area contributed by atoms with Crippen molar-refractivity contribution >= 4 is 17.5 Å². The molecule has 14 heavy (non-hydrogen) atoms. The average Bonchev–Trinajstić information content (AvgIpc) is 2.90. The van der Waals surface area contributed by atoms with Gasteiger partial charge in [0.2, 0.25) is 0 Å². The summed E-state index contributed by atoms with van der Waals surface area (Å²) in [5.74, 6) is 2.54. The third kappa shape index (κ3) is 1.29. The molecule has 0 radical (unpaired) electrons. The van der Waals surface area contributed by atoms with Crippen molar-refractivity contribution in [2.75, 3.05) is 0 Å². The zero-order valence-electron chi connectivity index (χ0n) is 8.09. The van der Waals surface area contributed by atoms with Crippen LogP contribution in [0.25, 0.3) is 0 Å². The monoisotopic (exact) mass is 209 g/mol. The zero-order chi connectivity index (χ0) is 9.71. The lowest BCUT2D eigenvalue weighted by Crippen LogP contribution is -2.09. The van der Waals surface area contributed by atoms with Crippen LogP contribution in [0.3, 0.4) is 0 Å². The maximum atomic E-state index is 6.09. The van der Waals surface area contributed by atoms with Crippen molar-refractivity contribution in [3.8, 4) is 0 Å². The van der Waals surface area contributed by atoms with E-state index in [9.17, 15) is 0 Å². The van der Waals surface area contributed by atoms with E-state index in [-0.39, 0.29) is 6.04 Å². The number of aliphatic imine (C=N–C) groups is 1. The molecule has 0 N–H and O–H groups in total. The Morgan fingerprint density at radius 1 is 1.50 bits per heavy atom. The standard InChI is InChI=1S/C11H12ClNO/c1-6-4-10-9(5-8(6)12)13-11(14-10)7-2-3-7/h4,7,9H,2-3,5H2,1H3. The number of rotatable bonds is 1. The molecule has 2 nitrogen and oxygen atoms in total. The summed E-state index contributed by atoms with van der Waals surface area (Å²) in [5, 5.41) is 0.920. The van der Waals surface area contributed by atoms with Crippen molar-refractivity contribution in [2.45, 2.75) is 32.2 Å². The molecule has 0 spiro atoms. The molecule has 1 atom stereocenters. The Labute approximate surface area is 88.3 Å². The van der Waals surface area contributed by atoms with Crippen LogP contribution < -0.4 is 0 Å². The number of hydrogen-bond donors (Lipinski definition) is 0. The predicted octanol–water partition coefficient (Wildman–Crippen LogP) is 2.99. The van der Waals surface area contributed by atoms with Gasteiger partial charge >= 0.3 is 0 Å². The highest BCUT2D eigenvalue weighted by atomic mass is 35.5. The normalized spacial score (nSPS) is 30.9. The van der Waals surface area contributed by atoms with Gasteiger partial charge in [0.25, 0.3) is 0 Å². The Morgan fingerprint density at radius 3 is 3.00 bits per heavy atom. The van der Waals surface area contributed by atoms with Gasteiger partial charge in [-0.05, 0) is 31.4 Å². The molecule has 0 aromatic carbocycles. The minimum Gasteiger partial charge on any atom is -0.445 e. The van der Waals surface area contributed by atoms with Crippen molar-refractivity contribution in [1.82, 2.24) is 0 Å². The molecule has 0 bridgehead atoms. The van der Waals surface area contributed by atoms with Crippen LogP contribution in [0.15, 0.2) is 27.4 Å². The van der Waals surface area contributed by atoms with Gasteiger partial charge in [-0.2, -0.15) is 0 Å². The molecule has 1 unspecified atom stereocenters. The largest absolute Gasteiger partial charge is 0.445 e. The van der Waals surface area contributed by atoms with E-state index in [0.29, 0.717) is 5.92 Å². The van der Waals surface area contributed by atoms with E-state index in [2.05, 4.69) is 4.99 Å². The molecule has 1 saturated carbocycles. The smallest absolute Gasteiger partial charge is 0.193 e. The Morgan fingerprint density at radius 2 is 2.29 bits per heavy atom. The fourth-order valence-electron chi connectivity index (χ4n) is 1.85. The number of ether oxygens (including phenoxy) is 1. The maximum absolute atomic E-state index is 6.09. The highest BCUT2D eigenvalue weighted by molar-refractivity contribution is 6.30. The summed E-state index contributed by atoms with van der Waals surface area (Å²) in [6.45, 7) is 2.02. The van der Waals surface area contributed by atoms with E-state index in [0.717, 1.165) is 28.7 Å². The fraction of sp³-hybridized carbons (Fsp3) is 0.545. The molecule has 0 aromatic rings. The van der Waals surface area contributed by atoms with Crippen LogP contribution in [0.1, 0.15) is 26.2 Å². The maximum Gasteiger partial charge on any atom is 0.193 e. The van der Waals surface area contributed by atoms with Crippen molar-refractivity contribution in [2.24, 2.45) is 10.9 Å². The summed E-state index contributed by atoms with van der Waals surface area (Å²) in [7, 11) is 0. The highest BCUT2D eigenvalue weighted by Gasteiger charge is 2.37. The molecule has 3 rings (SSSR count). The Hall–Kier alpha value is -0.760. The summed E-state index contributed by atoms with van der Waals surface area (Å²) in [5.41, 5.74) is 1.12. The lowest BCUT2D eigenvalue weighted by Gasteiger charge is -2.14. The van der Waals surface area contributed by atoms with Crippen LogP contribution in [0.2, 0.25) is 0 Å². The first-order valence-electron chi connectivity index (χ1n) is 5.06. The molecule has 0 saturated heterocycles. The van der Waals surface area contributed by atoms with E-state index < -0.39 is 0 Å². The molecule has 1 heterocycles. The van der Waals surface area contributed by atoms with Gasteiger partial charge in [-0.15, -0.1) is 0 Å². The first-order chi connectivity index (χ1) is 6.74. The summed E-state index contributed by atoms with van der Waals surface area (Å²) >= 11 is 6.09. The predicted molar refractivity (Wildman–Crippen MR) is 56.3 cm³/mol. The second-order valence-corrected chi connectivity index (χ2v) is 4.65. The molecule has 74 valence electrons. The van der Waals surface area contributed by atoms with Crippen molar-refractivity contribution in [1.29, 1.82) is 0 Å². The third-order valence-electron chi connectivity index (χ3n) is 2.92. The number of fused-ring (bicyclic) bond motifs is 1. The van der Waals surface area contributed by atoms with Crippen LogP contribution in [-0.2, 0) is 4.74 Å². The SMILES string of the molecule is CC1=C(Cl)CC2N=C(C3CC3)OC2=C1. The van der Waals surface area contributed by atoms with Gasteiger partial charge in [-0.1, -0.05) is 11.6 Å². The topological polar surface area (TPSA) is 21.6 Å².